The van der Waals surface area contributed by atoms with Crippen LogP contribution in [-0.4, -0.2) is 17.6 Å². The summed E-state index contributed by atoms with van der Waals surface area (Å²) in [6.07, 6.45) is 0. The van der Waals surface area contributed by atoms with Crippen LogP contribution in [0.15, 0.2) is 12.1 Å². The van der Waals surface area contributed by atoms with Gasteiger partial charge in [0.15, 0.2) is 0 Å². The highest BCUT2D eigenvalue weighted by molar-refractivity contribution is 6.37. The van der Waals surface area contributed by atoms with Gasteiger partial charge in [-0.2, -0.15) is 5.26 Å². The van der Waals surface area contributed by atoms with E-state index >= 15 is 0 Å². The number of hydrogen-bond donors (Lipinski definition) is 2. The van der Waals surface area contributed by atoms with Crippen LogP contribution in [0.4, 0.5) is 5.69 Å². The minimum absolute atomic E-state index is 0.0262. The number of carbonyl (C=O) groups is 1. The van der Waals surface area contributed by atoms with Crippen molar-refractivity contribution in [1.29, 1.82) is 5.26 Å². The van der Waals surface area contributed by atoms with Crippen LogP contribution in [0.2, 0.25) is 10.0 Å². The van der Waals surface area contributed by atoms with E-state index in [4.69, 9.17) is 33.6 Å². The van der Waals surface area contributed by atoms with Gasteiger partial charge in [-0.15, -0.1) is 0 Å². The van der Waals surface area contributed by atoms with Crippen molar-refractivity contribution in [3.63, 3.8) is 0 Å². The largest absolute Gasteiger partial charge is 0.478 e. The Labute approximate surface area is 96.0 Å². The second-order valence-electron chi connectivity index (χ2n) is 2.63. The quantitative estimate of drug-likeness (QED) is 0.802. The van der Waals surface area contributed by atoms with Gasteiger partial charge in [-0.25, -0.2) is 4.79 Å². The van der Waals surface area contributed by atoms with Crippen molar-refractivity contribution in [2.45, 2.75) is 0 Å². The molecule has 0 amide bonds. The first-order valence-corrected chi connectivity index (χ1v) is 4.65. The van der Waals surface area contributed by atoms with Crippen LogP contribution in [0, 0.1) is 11.3 Å². The first-order chi connectivity index (χ1) is 7.06. The molecule has 0 aliphatic heterocycles. The Balaban J connectivity index is 3.22. The molecule has 0 aliphatic rings. The number of halogens is 2. The number of hydrogen-bond acceptors (Lipinski definition) is 3. The molecule has 0 bridgehead atoms. The number of benzene rings is 1. The summed E-state index contributed by atoms with van der Waals surface area (Å²) in [5.41, 5.74) is 0.151. The molecular formula is C9H6Cl2N2O2. The van der Waals surface area contributed by atoms with Gasteiger partial charge in [0.25, 0.3) is 0 Å². The summed E-state index contributed by atoms with van der Waals surface area (Å²) < 4.78 is 0. The molecule has 0 radical (unpaired) electrons. The van der Waals surface area contributed by atoms with Crippen LogP contribution >= 0.6 is 23.2 Å². The lowest BCUT2D eigenvalue weighted by molar-refractivity contribution is 0.0698. The van der Waals surface area contributed by atoms with E-state index in [9.17, 15) is 4.79 Å². The normalized spacial score (nSPS) is 9.40. The molecular weight excluding hydrogens is 239 g/mol. The third-order valence-corrected chi connectivity index (χ3v) is 2.15. The van der Waals surface area contributed by atoms with Crippen LogP contribution in [0.5, 0.6) is 0 Å². The van der Waals surface area contributed by atoms with Gasteiger partial charge in [-0.1, -0.05) is 23.2 Å². The smallest absolute Gasteiger partial charge is 0.337 e. The maximum Gasteiger partial charge on any atom is 0.337 e. The monoisotopic (exact) mass is 244 g/mol. The zero-order valence-corrected chi connectivity index (χ0v) is 8.93. The minimum atomic E-state index is -1.15. The van der Waals surface area contributed by atoms with E-state index < -0.39 is 5.97 Å². The number of nitrogens with zero attached hydrogens (tertiary/aromatic N) is 1. The molecule has 2 N–H and O–H groups in total. The summed E-state index contributed by atoms with van der Waals surface area (Å²) in [5.74, 6) is -1.15. The Morgan fingerprint density at radius 3 is 2.73 bits per heavy atom. The van der Waals surface area contributed by atoms with Crippen LogP contribution < -0.4 is 5.32 Å². The number of carboxylic acids is 1. The van der Waals surface area contributed by atoms with Crippen molar-refractivity contribution in [3.05, 3.63) is 27.7 Å². The zero-order valence-electron chi connectivity index (χ0n) is 7.42. The molecule has 0 atom stereocenters. The van der Waals surface area contributed by atoms with Crippen molar-refractivity contribution in [2.75, 3.05) is 11.9 Å². The van der Waals surface area contributed by atoms with E-state index in [1.807, 2.05) is 6.07 Å². The Kier molecular flexibility index (Phi) is 3.78. The topological polar surface area (TPSA) is 73.1 Å². The average Bonchev–Trinajstić information content (AvgIpc) is 2.15. The molecule has 0 saturated carbocycles. The van der Waals surface area contributed by atoms with E-state index in [1.54, 1.807) is 0 Å². The number of nitriles is 1. The number of anilines is 1. The Morgan fingerprint density at radius 1 is 1.53 bits per heavy atom. The molecule has 0 aromatic heterocycles. The fourth-order valence-corrected chi connectivity index (χ4v) is 1.61. The number of aromatic carboxylic acids is 1. The molecule has 1 aromatic rings. The maximum atomic E-state index is 10.8. The van der Waals surface area contributed by atoms with Gasteiger partial charge in [-0.05, 0) is 12.1 Å². The molecule has 6 heteroatoms. The molecule has 0 fully saturated rings. The number of carboxylic acid groups (broad SMARTS) is 1. The molecule has 1 rings (SSSR count). The van der Waals surface area contributed by atoms with Gasteiger partial charge in [0, 0.05) is 5.02 Å². The SMILES string of the molecule is N#CCNc1c(Cl)cc(Cl)cc1C(=O)O. The summed E-state index contributed by atoms with van der Waals surface area (Å²) in [6.45, 7) is -0.0262. The second-order valence-corrected chi connectivity index (χ2v) is 3.47. The second kappa shape index (κ2) is 4.87. The number of nitrogens with one attached hydrogen (secondary N) is 1. The van der Waals surface area contributed by atoms with Gasteiger partial charge >= 0.3 is 5.97 Å². The first-order valence-electron chi connectivity index (χ1n) is 3.89. The lowest BCUT2D eigenvalue weighted by Gasteiger charge is -2.09. The molecule has 4 nitrogen and oxygen atoms in total. The van der Waals surface area contributed by atoms with E-state index in [1.165, 1.54) is 12.1 Å². The third-order valence-electron chi connectivity index (χ3n) is 1.63. The van der Waals surface area contributed by atoms with Crippen LogP contribution in [0.25, 0.3) is 0 Å². The number of rotatable bonds is 3. The summed E-state index contributed by atoms with van der Waals surface area (Å²) in [7, 11) is 0. The summed E-state index contributed by atoms with van der Waals surface area (Å²) in [5, 5.41) is 20.3. The summed E-state index contributed by atoms with van der Waals surface area (Å²) >= 11 is 11.5. The van der Waals surface area contributed by atoms with Gasteiger partial charge in [0.2, 0.25) is 0 Å². The average molecular weight is 245 g/mol. The predicted octanol–water partition coefficient (Wildman–Crippen LogP) is 2.63. The fraction of sp³-hybridized carbons (Fsp3) is 0.111. The fourth-order valence-electron chi connectivity index (χ4n) is 1.05. The molecule has 15 heavy (non-hydrogen) atoms. The first kappa shape index (κ1) is 11.6. The molecule has 0 saturated heterocycles. The Hall–Kier alpha value is -1.44. The molecule has 0 heterocycles. The van der Waals surface area contributed by atoms with Crippen molar-refractivity contribution >= 4 is 34.9 Å². The van der Waals surface area contributed by atoms with Crippen LogP contribution in [0.1, 0.15) is 10.4 Å². The molecule has 78 valence electrons. The summed E-state index contributed by atoms with van der Waals surface area (Å²) in [6, 6.07) is 4.51. The van der Waals surface area contributed by atoms with Crippen LogP contribution in [-0.2, 0) is 0 Å². The lowest BCUT2D eigenvalue weighted by atomic mass is 10.2. The standard InChI is InChI=1S/C9H6Cl2N2O2/c10-5-3-6(9(14)15)8(7(11)4-5)13-2-1-12/h3-4,13H,2H2,(H,14,15). The molecule has 0 unspecified atom stereocenters. The van der Waals surface area contributed by atoms with Gasteiger partial charge in [0.05, 0.1) is 22.3 Å². The molecule has 1 aromatic carbocycles. The highest BCUT2D eigenvalue weighted by atomic mass is 35.5. The third kappa shape index (κ3) is 2.75. The van der Waals surface area contributed by atoms with E-state index in [0.717, 1.165) is 0 Å². The van der Waals surface area contributed by atoms with E-state index in [0.29, 0.717) is 0 Å². The van der Waals surface area contributed by atoms with Crippen molar-refractivity contribution < 1.29 is 9.90 Å². The zero-order chi connectivity index (χ0) is 11.4. The molecule has 0 aliphatic carbocycles. The highest BCUT2D eigenvalue weighted by Gasteiger charge is 2.14. The molecule has 0 spiro atoms. The minimum Gasteiger partial charge on any atom is -0.478 e. The van der Waals surface area contributed by atoms with E-state index in [-0.39, 0.29) is 27.8 Å². The van der Waals surface area contributed by atoms with Gasteiger partial charge < -0.3 is 10.4 Å². The van der Waals surface area contributed by atoms with Gasteiger partial charge in [0.1, 0.15) is 6.54 Å². The van der Waals surface area contributed by atoms with E-state index in [2.05, 4.69) is 5.32 Å². The highest BCUT2D eigenvalue weighted by Crippen LogP contribution is 2.30. The van der Waals surface area contributed by atoms with Crippen molar-refractivity contribution in [3.8, 4) is 6.07 Å². The van der Waals surface area contributed by atoms with Crippen LogP contribution in [0.3, 0.4) is 0 Å². The van der Waals surface area contributed by atoms with Crippen molar-refractivity contribution in [2.24, 2.45) is 0 Å². The maximum absolute atomic E-state index is 10.8. The Bertz CT molecular complexity index is 440. The Morgan fingerprint density at radius 2 is 2.20 bits per heavy atom. The summed E-state index contributed by atoms with van der Waals surface area (Å²) in [4.78, 5) is 10.8. The van der Waals surface area contributed by atoms with Gasteiger partial charge in [-0.3, -0.25) is 0 Å². The lowest BCUT2D eigenvalue weighted by Crippen LogP contribution is -2.07. The van der Waals surface area contributed by atoms with Crippen molar-refractivity contribution in [1.82, 2.24) is 0 Å². The predicted molar refractivity (Wildman–Crippen MR) is 57.5 cm³/mol.